The van der Waals surface area contributed by atoms with Gasteiger partial charge < -0.3 is 39.1 Å². The standard InChI is InChI=1S/C11H19N2O15P3/c1-12-3-5(10(16)13(2)11(12)17)9-8(15)7(14)6(26-9)4-25-30(21,22)28-31(23,24)27-29(18,19)20/h3,6-9,14-15H,4H2,1-2H3,(H,21,22)(H,23,24)(H2,18,19,20)/t6-,7+,8?,9+/m1/s1. The number of nitrogens with zero attached hydrogens (tertiary/aromatic N) is 2. The maximum atomic E-state index is 12.3. The van der Waals surface area contributed by atoms with Gasteiger partial charge in [-0.2, -0.15) is 8.62 Å². The first kappa shape index (κ1) is 26.2. The van der Waals surface area contributed by atoms with Crippen molar-refractivity contribution < 1.29 is 61.4 Å². The smallest absolute Gasteiger partial charge is 0.387 e. The summed E-state index contributed by atoms with van der Waals surface area (Å²) in [5, 5.41) is 20.3. The fourth-order valence-electron chi connectivity index (χ4n) is 2.65. The van der Waals surface area contributed by atoms with Crippen LogP contribution in [0.3, 0.4) is 0 Å². The van der Waals surface area contributed by atoms with Crippen molar-refractivity contribution in [3.8, 4) is 0 Å². The highest BCUT2D eigenvalue weighted by atomic mass is 31.3. The Labute approximate surface area is 172 Å². The van der Waals surface area contributed by atoms with E-state index in [1.165, 1.54) is 14.1 Å². The van der Waals surface area contributed by atoms with Gasteiger partial charge in [0.15, 0.2) is 0 Å². The van der Waals surface area contributed by atoms with Crippen LogP contribution in [0.5, 0.6) is 0 Å². The summed E-state index contributed by atoms with van der Waals surface area (Å²) in [6.07, 6.45) is -5.49. The molecule has 0 aromatic carbocycles. The Kier molecular flexibility index (Phi) is 7.68. The van der Waals surface area contributed by atoms with E-state index >= 15 is 0 Å². The Morgan fingerprint density at radius 3 is 2.13 bits per heavy atom. The molecule has 1 saturated heterocycles. The predicted molar refractivity (Wildman–Crippen MR) is 96.4 cm³/mol. The van der Waals surface area contributed by atoms with Gasteiger partial charge in [-0.1, -0.05) is 0 Å². The molecule has 1 aromatic heterocycles. The van der Waals surface area contributed by atoms with E-state index in [0.29, 0.717) is 0 Å². The Hall–Kier alpha value is -1.03. The van der Waals surface area contributed by atoms with Crippen LogP contribution >= 0.6 is 23.5 Å². The van der Waals surface area contributed by atoms with Gasteiger partial charge in [-0.05, 0) is 0 Å². The van der Waals surface area contributed by atoms with Crippen LogP contribution in [0.4, 0.5) is 0 Å². The fraction of sp³-hybridized carbons (Fsp3) is 0.636. The van der Waals surface area contributed by atoms with Crippen molar-refractivity contribution in [2.75, 3.05) is 6.61 Å². The maximum absolute atomic E-state index is 12.3. The lowest BCUT2D eigenvalue weighted by Gasteiger charge is -2.19. The SMILES string of the molecule is Cn1cc([C@@H]2O[C@H](COP(=O)(O)OP(=O)(O)OP(=O)(O)O)[C@H](O)C2O)c(=O)n(C)c1=O. The number of ether oxygens (including phenoxy) is 1. The first-order valence-electron chi connectivity index (χ1n) is 8.00. The Morgan fingerprint density at radius 1 is 1.00 bits per heavy atom. The summed E-state index contributed by atoms with van der Waals surface area (Å²) in [6.45, 7) is -1.04. The lowest BCUT2D eigenvalue weighted by molar-refractivity contribution is -0.0229. The van der Waals surface area contributed by atoms with Crippen molar-refractivity contribution in [1.29, 1.82) is 0 Å². The fourth-order valence-corrected chi connectivity index (χ4v) is 5.68. The maximum Gasteiger partial charge on any atom is 0.490 e. The number of phosphoric ester groups is 1. The van der Waals surface area contributed by atoms with Crippen LogP contribution in [-0.4, -0.2) is 63.8 Å². The van der Waals surface area contributed by atoms with Crippen molar-refractivity contribution >= 4 is 23.5 Å². The minimum Gasteiger partial charge on any atom is -0.387 e. The van der Waals surface area contributed by atoms with E-state index in [9.17, 15) is 38.4 Å². The van der Waals surface area contributed by atoms with Crippen LogP contribution in [0.2, 0.25) is 0 Å². The molecule has 1 aromatic rings. The molecule has 0 saturated carbocycles. The van der Waals surface area contributed by atoms with Gasteiger partial charge in [0.2, 0.25) is 0 Å². The zero-order valence-electron chi connectivity index (χ0n) is 15.7. The molecule has 1 aliphatic rings. The van der Waals surface area contributed by atoms with Crippen LogP contribution < -0.4 is 11.2 Å². The summed E-state index contributed by atoms with van der Waals surface area (Å²) in [5.74, 6) is 0. The average Bonchev–Trinajstić information content (AvgIpc) is 2.86. The Bertz CT molecular complexity index is 1090. The van der Waals surface area contributed by atoms with Crippen molar-refractivity contribution in [2.45, 2.75) is 24.4 Å². The third kappa shape index (κ3) is 6.49. The average molecular weight is 512 g/mol. The van der Waals surface area contributed by atoms with Crippen LogP contribution in [-0.2, 0) is 45.7 Å². The van der Waals surface area contributed by atoms with Crippen LogP contribution in [0.25, 0.3) is 0 Å². The largest absolute Gasteiger partial charge is 0.490 e. The quantitative estimate of drug-likeness (QED) is 0.198. The molecule has 6 atom stereocenters. The lowest BCUT2D eigenvalue weighted by Crippen LogP contribution is -2.40. The third-order valence-electron chi connectivity index (χ3n) is 3.96. The van der Waals surface area contributed by atoms with Crippen molar-refractivity contribution in [3.05, 3.63) is 32.6 Å². The second-order valence-corrected chi connectivity index (χ2v) is 10.7. The Morgan fingerprint density at radius 2 is 1.58 bits per heavy atom. The first-order chi connectivity index (χ1) is 13.9. The van der Waals surface area contributed by atoms with Crippen LogP contribution in [0, 0.1) is 0 Å². The summed E-state index contributed by atoms with van der Waals surface area (Å²) in [4.78, 5) is 59.5. The zero-order chi connectivity index (χ0) is 23.9. The summed E-state index contributed by atoms with van der Waals surface area (Å²) in [6, 6.07) is 0. The van der Waals surface area contributed by atoms with E-state index in [1.807, 2.05) is 0 Å². The molecule has 17 nitrogen and oxygen atoms in total. The first-order valence-corrected chi connectivity index (χ1v) is 12.5. The molecule has 0 radical (unpaired) electrons. The van der Waals surface area contributed by atoms with Crippen molar-refractivity contribution in [3.63, 3.8) is 0 Å². The molecule has 20 heteroatoms. The summed E-state index contributed by atoms with van der Waals surface area (Å²) in [5.41, 5.74) is -1.74. The van der Waals surface area contributed by atoms with Gasteiger partial charge in [0.1, 0.15) is 24.4 Å². The summed E-state index contributed by atoms with van der Waals surface area (Å²) in [7, 11) is -14.3. The molecule has 0 amide bonds. The minimum atomic E-state index is -5.74. The van der Waals surface area contributed by atoms with E-state index in [-0.39, 0.29) is 5.56 Å². The lowest BCUT2D eigenvalue weighted by atomic mass is 10.0. The van der Waals surface area contributed by atoms with E-state index in [1.54, 1.807) is 0 Å². The van der Waals surface area contributed by atoms with Gasteiger partial charge in [-0.15, -0.1) is 0 Å². The topological polar surface area (TPSA) is 254 Å². The van der Waals surface area contributed by atoms with Gasteiger partial charge in [0.05, 0.1) is 12.2 Å². The van der Waals surface area contributed by atoms with E-state index in [0.717, 1.165) is 15.3 Å². The molecule has 0 aliphatic carbocycles. The molecule has 2 rings (SSSR count). The highest BCUT2D eigenvalue weighted by molar-refractivity contribution is 7.66. The molecule has 2 heterocycles. The molecule has 1 fully saturated rings. The second-order valence-electron chi connectivity index (χ2n) is 6.31. The molecule has 0 spiro atoms. The van der Waals surface area contributed by atoms with Gasteiger partial charge in [-0.25, -0.2) is 18.5 Å². The van der Waals surface area contributed by atoms with E-state index in [2.05, 4.69) is 13.1 Å². The van der Waals surface area contributed by atoms with Crippen molar-refractivity contribution in [1.82, 2.24) is 9.13 Å². The van der Waals surface area contributed by atoms with Crippen LogP contribution in [0.15, 0.2) is 15.8 Å². The highest BCUT2D eigenvalue weighted by Gasteiger charge is 2.47. The number of aryl methyl sites for hydroxylation is 1. The Balaban J connectivity index is 2.14. The number of hydrogen-bond acceptors (Lipinski definition) is 11. The molecule has 1 aliphatic heterocycles. The number of aliphatic hydroxyl groups excluding tert-OH is 2. The van der Waals surface area contributed by atoms with Gasteiger partial charge >= 0.3 is 29.2 Å². The number of rotatable bonds is 8. The van der Waals surface area contributed by atoms with Gasteiger partial charge in [0, 0.05) is 20.3 Å². The zero-order valence-corrected chi connectivity index (χ0v) is 18.4. The highest BCUT2D eigenvalue weighted by Crippen LogP contribution is 2.66. The third-order valence-corrected chi connectivity index (χ3v) is 7.76. The van der Waals surface area contributed by atoms with Crippen molar-refractivity contribution in [2.24, 2.45) is 14.1 Å². The molecule has 0 bridgehead atoms. The predicted octanol–water partition coefficient (Wildman–Crippen LogP) is -2.41. The summed E-state index contributed by atoms with van der Waals surface area (Å²) < 4.78 is 52.1. The molecular formula is C11H19N2O15P3. The van der Waals surface area contributed by atoms with Crippen LogP contribution in [0.1, 0.15) is 11.7 Å². The van der Waals surface area contributed by atoms with Gasteiger partial charge in [-0.3, -0.25) is 13.9 Å². The summed E-state index contributed by atoms with van der Waals surface area (Å²) >= 11 is 0. The number of aromatic nitrogens is 2. The second kappa shape index (κ2) is 9.08. The molecule has 6 N–H and O–H groups in total. The molecule has 31 heavy (non-hydrogen) atoms. The monoisotopic (exact) mass is 512 g/mol. The molecule has 3 unspecified atom stereocenters. The number of aliphatic hydroxyl groups is 2. The minimum absolute atomic E-state index is 0.225. The molecule has 178 valence electrons. The number of phosphoric acid groups is 3. The van der Waals surface area contributed by atoms with Gasteiger partial charge in [0.25, 0.3) is 5.56 Å². The number of hydrogen-bond donors (Lipinski definition) is 6. The molecular weight excluding hydrogens is 493 g/mol. The van der Waals surface area contributed by atoms with E-state index in [4.69, 9.17) is 19.4 Å². The van der Waals surface area contributed by atoms with E-state index < -0.39 is 65.7 Å². The normalized spacial score (nSPS) is 28.3.